The summed E-state index contributed by atoms with van der Waals surface area (Å²) < 4.78 is 6.54. The molecule has 0 aliphatic rings. The molecule has 0 unspecified atom stereocenters. The molecule has 0 bridgehead atoms. The van der Waals surface area contributed by atoms with E-state index < -0.39 is 11.8 Å². The van der Waals surface area contributed by atoms with Crippen LogP contribution in [0.4, 0.5) is 0 Å². The van der Waals surface area contributed by atoms with Gasteiger partial charge >= 0.3 is 0 Å². The quantitative estimate of drug-likeness (QED) is 0.251. The number of carbonyl (C=O) groups is 2. The Kier molecular flexibility index (Phi) is 9.05. The lowest BCUT2D eigenvalue weighted by Gasteiger charge is -2.14. The van der Waals surface area contributed by atoms with Gasteiger partial charge in [-0.05, 0) is 60.0 Å². The first-order valence-corrected chi connectivity index (χ1v) is 11.6. The van der Waals surface area contributed by atoms with Gasteiger partial charge in [0.05, 0.1) is 12.3 Å². The van der Waals surface area contributed by atoms with Crippen molar-refractivity contribution in [2.45, 2.75) is 13.3 Å². The molecule has 3 aromatic rings. The van der Waals surface area contributed by atoms with Gasteiger partial charge in [0, 0.05) is 10.0 Å². The lowest BCUT2D eigenvalue weighted by atomic mass is 10.1. The molecule has 174 valence electrons. The highest BCUT2D eigenvalue weighted by atomic mass is 79.9. The number of carbonyl (C=O) groups excluding carboxylic acids is 2. The van der Waals surface area contributed by atoms with Crippen molar-refractivity contribution in [2.24, 2.45) is 0 Å². The zero-order valence-corrected chi connectivity index (χ0v) is 20.4. The van der Waals surface area contributed by atoms with E-state index in [-0.39, 0.29) is 5.70 Å². The van der Waals surface area contributed by atoms with E-state index in [0.29, 0.717) is 17.9 Å². The van der Waals surface area contributed by atoms with Crippen molar-refractivity contribution in [2.75, 3.05) is 6.61 Å². The summed E-state index contributed by atoms with van der Waals surface area (Å²) in [5.74, 6) is -0.170. The molecule has 3 rings (SSSR count). The van der Waals surface area contributed by atoms with Gasteiger partial charge in [0.1, 0.15) is 11.4 Å². The van der Waals surface area contributed by atoms with Crippen LogP contribution < -0.4 is 20.9 Å². The summed E-state index contributed by atoms with van der Waals surface area (Å²) in [6.45, 7) is 6.62. The molecule has 0 fully saturated rings. The second kappa shape index (κ2) is 12.4. The van der Waals surface area contributed by atoms with Gasteiger partial charge < -0.3 is 10.1 Å². The Morgan fingerprint density at radius 1 is 0.912 bits per heavy atom. The number of rotatable bonds is 10. The fourth-order valence-electron chi connectivity index (χ4n) is 2.91. The van der Waals surface area contributed by atoms with E-state index in [2.05, 4.69) is 38.7 Å². The summed E-state index contributed by atoms with van der Waals surface area (Å²) >= 11 is 3.39. The summed E-state index contributed by atoms with van der Waals surface area (Å²) in [6.07, 6.45) is 2.51. The van der Waals surface area contributed by atoms with Crippen LogP contribution in [-0.4, -0.2) is 18.4 Å². The van der Waals surface area contributed by atoms with E-state index in [9.17, 15) is 9.59 Å². The second-order valence-electron chi connectivity index (χ2n) is 7.36. The third-order valence-electron chi connectivity index (χ3n) is 4.71. The van der Waals surface area contributed by atoms with Crippen LogP contribution in [0.3, 0.4) is 0 Å². The Labute approximate surface area is 207 Å². The maximum Gasteiger partial charge on any atom is 0.286 e. The predicted molar refractivity (Wildman–Crippen MR) is 139 cm³/mol. The summed E-state index contributed by atoms with van der Waals surface area (Å²) in [5, 5.41) is 2.70. The Morgan fingerprint density at radius 3 is 2.24 bits per heavy atom. The topological polar surface area (TPSA) is 79.5 Å². The van der Waals surface area contributed by atoms with E-state index in [1.807, 2.05) is 61.5 Å². The second-order valence-corrected chi connectivity index (χ2v) is 8.28. The highest BCUT2D eigenvalue weighted by Crippen LogP contribution is 2.16. The maximum atomic E-state index is 13.0. The van der Waals surface area contributed by atoms with E-state index >= 15 is 0 Å². The molecule has 0 spiro atoms. The van der Waals surface area contributed by atoms with Crippen LogP contribution in [0, 0.1) is 0 Å². The van der Waals surface area contributed by atoms with Gasteiger partial charge in [-0.25, -0.2) is 0 Å². The SMILES string of the molecule is C=C(NNC(=O)C(=Cc1ccc(OCCC)cc1)NC(=O)c1ccccc1)c1ccc(Br)cc1. The number of hydrogen-bond donors (Lipinski definition) is 3. The molecule has 3 aromatic carbocycles. The van der Waals surface area contributed by atoms with E-state index in [1.54, 1.807) is 30.3 Å². The average Bonchev–Trinajstić information content (AvgIpc) is 2.87. The largest absolute Gasteiger partial charge is 0.494 e. The zero-order chi connectivity index (χ0) is 24.3. The molecule has 2 amide bonds. The van der Waals surface area contributed by atoms with Crippen LogP contribution in [0.2, 0.25) is 0 Å². The van der Waals surface area contributed by atoms with Crippen molar-refractivity contribution in [3.8, 4) is 5.75 Å². The molecule has 0 saturated carbocycles. The minimum absolute atomic E-state index is 0.0761. The lowest BCUT2D eigenvalue weighted by molar-refractivity contribution is -0.118. The molecule has 0 heterocycles. The first-order chi connectivity index (χ1) is 16.5. The zero-order valence-electron chi connectivity index (χ0n) is 18.8. The number of amides is 2. The Hall–Kier alpha value is -3.84. The first-order valence-electron chi connectivity index (χ1n) is 10.8. The predicted octanol–water partition coefficient (Wildman–Crippen LogP) is 5.30. The van der Waals surface area contributed by atoms with Gasteiger partial charge in [-0.2, -0.15) is 0 Å². The van der Waals surface area contributed by atoms with Crippen LogP contribution in [0.1, 0.15) is 34.8 Å². The number of halogens is 1. The number of ether oxygens (including phenoxy) is 1. The van der Waals surface area contributed by atoms with Gasteiger partial charge in [-0.15, -0.1) is 0 Å². The Bertz CT molecular complexity index is 1160. The minimum Gasteiger partial charge on any atom is -0.494 e. The lowest BCUT2D eigenvalue weighted by Crippen LogP contribution is -2.41. The third-order valence-corrected chi connectivity index (χ3v) is 5.24. The molecule has 7 heteroatoms. The van der Waals surface area contributed by atoms with Crippen molar-refractivity contribution in [1.29, 1.82) is 0 Å². The summed E-state index contributed by atoms with van der Waals surface area (Å²) in [5.41, 5.74) is 7.98. The van der Waals surface area contributed by atoms with Gasteiger partial charge in [0.15, 0.2) is 0 Å². The number of hydrazine groups is 1. The highest BCUT2D eigenvalue weighted by Gasteiger charge is 2.15. The summed E-state index contributed by atoms with van der Waals surface area (Å²) in [4.78, 5) is 25.7. The molecule has 0 atom stereocenters. The molecule has 34 heavy (non-hydrogen) atoms. The van der Waals surface area contributed by atoms with Crippen LogP contribution in [0.15, 0.2) is 95.6 Å². The van der Waals surface area contributed by atoms with Crippen LogP contribution >= 0.6 is 15.9 Å². The van der Waals surface area contributed by atoms with E-state index in [0.717, 1.165) is 27.8 Å². The normalized spacial score (nSPS) is 10.8. The first kappa shape index (κ1) is 24.8. The molecule has 0 aliphatic heterocycles. The monoisotopic (exact) mass is 519 g/mol. The van der Waals surface area contributed by atoms with E-state index in [1.165, 1.54) is 0 Å². The third kappa shape index (κ3) is 7.35. The number of hydrogen-bond acceptors (Lipinski definition) is 4. The molecule has 0 radical (unpaired) electrons. The molecule has 6 nitrogen and oxygen atoms in total. The smallest absolute Gasteiger partial charge is 0.286 e. The molecular weight excluding hydrogens is 494 g/mol. The van der Waals surface area contributed by atoms with Gasteiger partial charge in [-0.3, -0.25) is 20.4 Å². The molecule has 0 aliphatic carbocycles. The van der Waals surface area contributed by atoms with E-state index in [4.69, 9.17) is 4.74 Å². The molecule has 0 aromatic heterocycles. The standard InChI is InChI=1S/C27H26BrN3O3/c1-3-17-34-24-15-9-20(10-16-24)18-25(29-26(32)22-7-5-4-6-8-22)27(33)31-30-19(2)21-11-13-23(28)14-12-21/h4-16,18,30H,2-3,17H2,1H3,(H,29,32)(H,31,33). The molecule has 0 saturated heterocycles. The van der Waals surface area contributed by atoms with Crippen molar-refractivity contribution < 1.29 is 14.3 Å². The summed E-state index contributed by atoms with van der Waals surface area (Å²) in [6, 6.07) is 23.5. The van der Waals surface area contributed by atoms with Gasteiger partial charge in [-0.1, -0.05) is 71.9 Å². The van der Waals surface area contributed by atoms with Gasteiger partial charge in [0.2, 0.25) is 0 Å². The Morgan fingerprint density at radius 2 is 1.59 bits per heavy atom. The van der Waals surface area contributed by atoms with Crippen molar-refractivity contribution in [3.63, 3.8) is 0 Å². The van der Waals surface area contributed by atoms with Crippen LogP contribution in [0.5, 0.6) is 5.75 Å². The van der Waals surface area contributed by atoms with Crippen molar-refractivity contribution >= 4 is 39.5 Å². The molecular formula is C27H26BrN3O3. The van der Waals surface area contributed by atoms with Crippen molar-refractivity contribution in [3.05, 3.63) is 112 Å². The summed E-state index contributed by atoms with van der Waals surface area (Å²) in [7, 11) is 0. The molecule has 3 N–H and O–H groups in total. The fourth-order valence-corrected chi connectivity index (χ4v) is 3.18. The van der Waals surface area contributed by atoms with Crippen LogP contribution in [0.25, 0.3) is 11.8 Å². The van der Waals surface area contributed by atoms with Crippen LogP contribution in [-0.2, 0) is 4.79 Å². The number of benzene rings is 3. The van der Waals surface area contributed by atoms with Crippen molar-refractivity contribution in [1.82, 2.24) is 16.2 Å². The Balaban J connectivity index is 1.76. The highest BCUT2D eigenvalue weighted by molar-refractivity contribution is 9.10. The number of nitrogens with one attached hydrogen (secondary N) is 3. The van der Waals surface area contributed by atoms with Gasteiger partial charge in [0.25, 0.3) is 11.8 Å². The maximum absolute atomic E-state index is 13.0. The fraction of sp³-hybridized carbons (Fsp3) is 0.111. The average molecular weight is 520 g/mol. The minimum atomic E-state index is -0.520.